The molecule has 1 amide bonds. The van der Waals surface area contributed by atoms with Gasteiger partial charge in [0.15, 0.2) is 5.82 Å². The van der Waals surface area contributed by atoms with E-state index in [1.54, 1.807) is 6.08 Å². The lowest BCUT2D eigenvalue weighted by Crippen LogP contribution is -2.08. The Balaban J connectivity index is 1.45. The Morgan fingerprint density at radius 1 is 1.10 bits per heavy atom. The number of carbonyl (C=O) groups excluding carboxylic acids is 1. The molecule has 150 valence electrons. The molecule has 0 saturated carbocycles. The van der Waals surface area contributed by atoms with Gasteiger partial charge in [-0.1, -0.05) is 6.42 Å². The lowest BCUT2D eigenvalue weighted by Gasteiger charge is -2.08. The van der Waals surface area contributed by atoms with E-state index in [-0.39, 0.29) is 5.91 Å². The molecule has 0 spiro atoms. The highest BCUT2D eigenvalue weighted by Crippen LogP contribution is 2.24. The van der Waals surface area contributed by atoms with Crippen LogP contribution in [0.15, 0.2) is 30.3 Å². The second-order valence-corrected chi connectivity index (χ2v) is 7.51. The number of anilines is 1. The summed E-state index contributed by atoms with van der Waals surface area (Å²) in [5, 5.41) is 16.0. The number of amides is 1. The molecule has 4 rings (SSSR count). The molecule has 7 nitrogen and oxygen atoms in total. The fraction of sp³-hybridized carbons (Fsp3) is 0.364. The highest BCUT2D eigenvalue weighted by molar-refractivity contribution is 6.02. The van der Waals surface area contributed by atoms with Gasteiger partial charge in [-0.2, -0.15) is 5.10 Å². The second kappa shape index (κ2) is 8.03. The van der Waals surface area contributed by atoms with Crippen molar-refractivity contribution in [1.82, 2.24) is 24.5 Å². The van der Waals surface area contributed by atoms with Crippen LogP contribution >= 0.6 is 0 Å². The summed E-state index contributed by atoms with van der Waals surface area (Å²) in [5.41, 5.74) is 4.68. The van der Waals surface area contributed by atoms with E-state index in [1.165, 1.54) is 12.8 Å². The zero-order valence-electron chi connectivity index (χ0n) is 17.1. The quantitative estimate of drug-likeness (QED) is 0.690. The zero-order valence-corrected chi connectivity index (χ0v) is 17.1. The van der Waals surface area contributed by atoms with Gasteiger partial charge in [0.2, 0.25) is 5.91 Å². The number of fused-ring (bicyclic) bond motifs is 1. The average molecular weight is 390 g/mol. The minimum Gasteiger partial charge on any atom is -0.323 e. The Kier molecular flexibility index (Phi) is 5.29. The van der Waals surface area contributed by atoms with Crippen LogP contribution in [0.1, 0.15) is 42.0 Å². The maximum absolute atomic E-state index is 12.3. The highest BCUT2D eigenvalue weighted by Gasteiger charge is 2.16. The maximum Gasteiger partial charge on any atom is 0.248 e. The summed E-state index contributed by atoms with van der Waals surface area (Å²) in [6.07, 6.45) is 7.92. The van der Waals surface area contributed by atoms with Crippen LogP contribution in [0, 0.1) is 13.8 Å². The van der Waals surface area contributed by atoms with Gasteiger partial charge in [0, 0.05) is 48.6 Å². The third kappa shape index (κ3) is 3.99. The minimum atomic E-state index is -0.170. The van der Waals surface area contributed by atoms with Gasteiger partial charge in [-0.3, -0.25) is 9.48 Å². The molecule has 3 heterocycles. The molecule has 0 aliphatic carbocycles. The van der Waals surface area contributed by atoms with Crippen LogP contribution in [0.3, 0.4) is 0 Å². The lowest BCUT2D eigenvalue weighted by atomic mass is 10.1. The summed E-state index contributed by atoms with van der Waals surface area (Å²) in [6, 6.07) is 7.77. The van der Waals surface area contributed by atoms with Crippen molar-refractivity contribution in [2.45, 2.75) is 46.1 Å². The molecule has 0 unspecified atom stereocenters. The van der Waals surface area contributed by atoms with Gasteiger partial charge < -0.3 is 9.88 Å². The number of hydrogen-bond acceptors (Lipinski definition) is 4. The van der Waals surface area contributed by atoms with Crippen LogP contribution in [0.2, 0.25) is 0 Å². The summed E-state index contributed by atoms with van der Waals surface area (Å²) in [4.78, 5) is 12.3. The molecule has 1 N–H and O–H groups in total. The van der Waals surface area contributed by atoms with E-state index >= 15 is 0 Å². The van der Waals surface area contributed by atoms with Crippen molar-refractivity contribution in [3.63, 3.8) is 0 Å². The van der Waals surface area contributed by atoms with Crippen LogP contribution < -0.4 is 5.32 Å². The third-order valence-electron chi connectivity index (χ3n) is 5.49. The third-order valence-corrected chi connectivity index (χ3v) is 5.49. The molecule has 2 aromatic heterocycles. The zero-order chi connectivity index (χ0) is 20.4. The summed E-state index contributed by atoms with van der Waals surface area (Å²) < 4.78 is 4.04. The number of rotatable bonds is 4. The Morgan fingerprint density at radius 2 is 1.90 bits per heavy atom. The van der Waals surface area contributed by atoms with Gasteiger partial charge in [0.1, 0.15) is 5.82 Å². The normalized spacial score (nSPS) is 14.0. The molecule has 29 heavy (non-hydrogen) atoms. The largest absolute Gasteiger partial charge is 0.323 e. The predicted molar refractivity (Wildman–Crippen MR) is 113 cm³/mol. The van der Waals surface area contributed by atoms with Crippen LogP contribution in [-0.2, 0) is 24.8 Å². The molecular formula is C22H26N6O. The van der Waals surface area contributed by atoms with Gasteiger partial charge >= 0.3 is 0 Å². The lowest BCUT2D eigenvalue weighted by molar-refractivity contribution is -0.111. The van der Waals surface area contributed by atoms with Crippen molar-refractivity contribution >= 4 is 17.7 Å². The van der Waals surface area contributed by atoms with Crippen molar-refractivity contribution in [2.24, 2.45) is 7.05 Å². The van der Waals surface area contributed by atoms with E-state index in [2.05, 4.69) is 25.2 Å². The Bertz CT molecular complexity index is 1060. The number of nitrogens with one attached hydrogen (secondary N) is 1. The number of benzene rings is 1. The Morgan fingerprint density at radius 3 is 2.62 bits per heavy atom. The number of nitrogens with zero attached hydrogens (tertiary/aromatic N) is 5. The molecular weight excluding hydrogens is 364 g/mol. The van der Waals surface area contributed by atoms with E-state index < -0.39 is 0 Å². The van der Waals surface area contributed by atoms with Crippen LogP contribution in [0.5, 0.6) is 0 Å². The molecule has 1 aliphatic heterocycles. The van der Waals surface area contributed by atoms with Gasteiger partial charge in [-0.15, -0.1) is 10.2 Å². The Hall–Kier alpha value is -3.22. The summed E-state index contributed by atoms with van der Waals surface area (Å²) >= 11 is 0. The fourth-order valence-corrected chi connectivity index (χ4v) is 3.78. The van der Waals surface area contributed by atoms with Crippen molar-refractivity contribution < 1.29 is 4.79 Å². The minimum absolute atomic E-state index is 0.170. The van der Waals surface area contributed by atoms with E-state index in [1.807, 2.05) is 55.9 Å². The van der Waals surface area contributed by atoms with Gasteiger partial charge in [-0.05, 0) is 57.0 Å². The summed E-state index contributed by atoms with van der Waals surface area (Å²) in [5.74, 6) is 1.81. The monoisotopic (exact) mass is 390 g/mol. The molecule has 1 aliphatic rings. The first-order valence-electron chi connectivity index (χ1n) is 10.0. The molecule has 0 saturated heterocycles. The average Bonchev–Trinajstić information content (AvgIpc) is 3.10. The fourth-order valence-electron chi connectivity index (χ4n) is 3.78. The number of carbonyl (C=O) groups is 1. The van der Waals surface area contributed by atoms with E-state index in [0.29, 0.717) is 0 Å². The van der Waals surface area contributed by atoms with Crippen molar-refractivity contribution in [1.29, 1.82) is 0 Å². The van der Waals surface area contributed by atoms with E-state index in [0.717, 1.165) is 59.2 Å². The summed E-state index contributed by atoms with van der Waals surface area (Å²) in [7, 11) is 1.90. The first kappa shape index (κ1) is 19.1. The molecule has 7 heteroatoms. The predicted octanol–water partition coefficient (Wildman–Crippen LogP) is 3.67. The van der Waals surface area contributed by atoms with Gasteiger partial charge in [-0.25, -0.2) is 0 Å². The second-order valence-electron chi connectivity index (χ2n) is 7.51. The standard InChI is InChI=1S/C22H26N6O/c1-15-19(16(2)27(3)26-15)12-13-21(29)23-18-10-8-17(9-11-18)22-25-24-20-7-5-4-6-14-28(20)22/h8-13H,4-7,14H2,1-3H3,(H,23,29)/b13-12+. The van der Waals surface area contributed by atoms with E-state index in [4.69, 9.17) is 0 Å². The summed E-state index contributed by atoms with van der Waals surface area (Å²) in [6.45, 7) is 4.89. The molecule has 0 atom stereocenters. The van der Waals surface area contributed by atoms with Crippen LogP contribution in [0.4, 0.5) is 5.69 Å². The van der Waals surface area contributed by atoms with Crippen molar-refractivity contribution in [2.75, 3.05) is 5.32 Å². The molecule has 3 aromatic rings. The van der Waals surface area contributed by atoms with Crippen LogP contribution in [0.25, 0.3) is 17.5 Å². The molecule has 0 fully saturated rings. The highest BCUT2D eigenvalue weighted by atomic mass is 16.1. The first-order chi connectivity index (χ1) is 14.0. The number of hydrogen-bond donors (Lipinski definition) is 1. The topological polar surface area (TPSA) is 77.6 Å². The Labute approximate surface area is 170 Å². The number of aromatic nitrogens is 5. The molecule has 1 aromatic carbocycles. The first-order valence-corrected chi connectivity index (χ1v) is 10.0. The SMILES string of the molecule is Cc1nn(C)c(C)c1/C=C/C(=O)Nc1ccc(-c2nnc3n2CCCCC3)cc1. The molecule has 0 radical (unpaired) electrons. The molecule has 0 bridgehead atoms. The smallest absolute Gasteiger partial charge is 0.248 e. The van der Waals surface area contributed by atoms with Crippen molar-refractivity contribution in [3.8, 4) is 11.4 Å². The number of aryl methyl sites for hydroxylation is 3. The van der Waals surface area contributed by atoms with Crippen molar-refractivity contribution in [3.05, 3.63) is 53.1 Å². The van der Waals surface area contributed by atoms with E-state index in [9.17, 15) is 4.79 Å². The van der Waals surface area contributed by atoms with Gasteiger partial charge in [0.25, 0.3) is 0 Å². The van der Waals surface area contributed by atoms with Gasteiger partial charge in [0.05, 0.1) is 5.69 Å². The van der Waals surface area contributed by atoms with Crippen LogP contribution in [-0.4, -0.2) is 30.5 Å². The maximum atomic E-state index is 12.3.